The zero-order valence-electron chi connectivity index (χ0n) is 11.9. The number of nitrogens with two attached hydrogens (primary N) is 2. The van der Waals surface area contributed by atoms with Gasteiger partial charge in [0.2, 0.25) is 0 Å². The standard InChI is InChI=1S/C12H23BN4O4/c14-11(15)17-5-7-4-12(16,10(18)19)9(8(7)6-17)2-1-3-13(20)21/h7-9,20-21H,1-6,16H2,(H3,14,15)(H,18,19). The lowest BCUT2D eigenvalue weighted by Gasteiger charge is -2.31. The summed E-state index contributed by atoms with van der Waals surface area (Å²) in [6.45, 7) is 1.13. The van der Waals surface area contributed by atoms with Gasteiger partial charge in [0.1, 0.15) is 5.54 Å². The van der Waals surface area contributed by atoms with E-state index in [0.29, 0.717) is 32.4 Å². The fraction of sp³-hybridized carbons (Fsp3) is 0.833. The largest absolute Gasteiger partial charge is 0.480 e. The van der Waals surface area contributed by atoms with Gasteiger partial charge < -0.3 is 31.5 Å². The molecule has 8 N–H and O–H groups in total. The molecule has 4 unspecified atom stereocenters. The minimum Gasteiger partial charge on any atom is -0.480 e. The second kappa shape index (κ2) is 5.82. The molecule has 21 heavy (non-hydrogen) atoms. The minimum absolute atomic E-state index is 0.00637. The number of nitrogens with zero attached hydrogens (tertiary/aromatic N) is 1. The molecule has 0 amide bonds. The first kappa shape index (κ1) is 16.1. The maximum absolute atomic E-state index is 11.6. The number of fused-ring (bicyclic) bond motifs is 1. The summed E-state index contributed by atoms with van der Waals surface area (Å²) in [5, 5.41) is 34.8. The van der Waals surface area contributed by atoms with Crippen molar-refractivity contribution in [2.24, 2.45) is 29.2 Å². The lowest BCUT2D eigenvalue weighted by atomic mass is 9.76. The Hall–Kier alpha value is -1.32. The van der Waals surface area contributed by atoms with Gasteiger partial charge in [0.15, 0.2) is 5.96 Å². The second-order valence-corrected chi connectivity index (χ2v) is 6.28. The predicted octanol–water partition coefficient (Wildman–Crippen LogP) is -1.52. The monoisotopic (exact) mass is 298 g/mol. The molecule has 4 atom stereocenters. The average molecular weight is 298 g/mol. The summed E-state index contributed by atoms with van der Waals surface area (Å²) in [4.78, 5) is 13.3. The van der Waals surface area contributed by atoms with Crippen molar-refractivity contribution < 1.29 is 19.9 Å². The van der Waals surface area contributed by atoms with Crippen molar-refractivity contribution in [3.63, 3.8) is 0 Å². The van der Waals surface area contributed by atoms with E-state index < -0.39 is 18.6 Å². The maximum Gasteiger partial charge on any atom is 0.451 e. The van der Waals surface area contributed by atoms with Crippen molar-refractivity contribution in [1.82, 2.24) is 4.90 Å². The van der Waals surface area contributed by atoms with Crippen molar-refractivity contribution in [2.45, 2.75) is 31.1 Å². The summed E-state index contributed by atoms with van der Waals surface area (Å²) in [6, 6.07) is 0. The number of carbonyl (C=O) groups is 1. The van der Waals surface area contributed by atoms with Gasteiger partial charge in [0.25, 0.3) is 0 Å². The highest BCUT2D eigenvalue weighted by molar-refractivity contribution is 6.40. The van der Waals surface area contributed by atoms with Crippen LogP contribution >= 0.6 is 0 Å². The lowest BCUT2D eigenvalue weighted by Crippen LogP contribution is -2.53. The van der Waals surface area contributed by atoms with Crippen LogP contribution in [-0.2, 0) is 4.79 Å². The van der Waals surface area contributed by atoms with E-state index >= 15 is 0 Å². The Morgan fingerprint density at radius 3 is 2.62 bits per heavy atom. The van der Waals surface area contributed by atoms with Gasteiger partial charge in [-0.3, -0.25) is 10.2 Å². The molecule has 0 aromatic carbocycles. The molecule has 0 bridgehead atoms. The van der Waals surface area contributed by atoms with E-state index in [1.54, 1.807) is 4.90 Å². The molecule has 2 aliphatic rings. The van der Waals surface area contributed by atoms with Crippen molar-refractivity contribution in [2.75, 3.05) is 13.1 Å². The number of rotatable bonds is 5. The van der Waals surface area contributed by atoms with E-state index in [4.69, 9.17) is 26.9 Å². The predicted molar refractivity (Wildman–Crippen MR) is 77.4 cm³/mol. The van der Waals surface area contributed by atoms with Crippen molar-refractivity contribution in [3.05, 3.63) is 0 Å². The van der Waals surface area contributed by atoms with Crippen LogP contribution in [-0.4, -0.2) is 57.7 Å². The first-order valence-electron chi connectivity index (χ1n) is 7.23. The molecule has 0 spiro atoms. The summed E-state index contributed by atoms with van der Waals surface area (Å²) in [7, 11) is -1.38. The zero-order valence-corrected chi connectivity index (χ0v) is 11.9. The molecule has 1 aliphatic carbocycles. The summed E-state index contributed by atoms with van der Waals surface area (Å²) in [5.41, 5.74) is 10.4. The molecule has 8 nitrogen and oxygen atoms in total. The van der Waals surface area contributed by atoms with E-state index in [1.165, 1.54) is 0 Å². The fourth-order valence-corrected chi connectivity index (χ4v) is 3.97. The van der Waals surface area contributed by atoms with Crippen molar-refractivity contribution in [3.8, 4) is 0 Å². The van der Waals surface area contributed by atoms with Gasteiger partial charge in [0.05, 0.1) is 0 Å². The van der Waals surface area contributed by atoms with Gasteiger partial charge in [-0.1, -0.05) is 6.42 Å². The van der Waals surface area contributed by atoms with Crippen LogP contribution in [0.25, 0.3) is 0 Å². The maximum atomic E-state index is 11.6. The third-order valence-electron chi connectivity index (χ3n) is 4.99. The first-order chi connectivity index (χ1) is 9.75. The number of aliphatic carboxylic acids is 1. The summed E-state index contributed by atoms with van der Waals surface area (Å²) >= 11 is 0. The molecule has 2 rings (SSSR count). The number of guanidine groups is 1. The van der Waals surface area contributed by atoms with Crippen molar-refractivity contribution >= 4 is 19.0 Å². The zero-order chi connectivity index (χ0) is 15.8. The Morgan fingerprint density at radius 2 is 2.10 bits per heavy atom. The van der Waals surface area contributed by atoms with Crippen LogP contribution in [0.5, 0.6) is 0 Å². The lowest BCUT2D eigenvalue weighted by molar-refractivity contribution is -0.145. The molecule has 1 aliphatic heterocycles. The molecule has 2 fully saturated rings. The van der Waals surface area contributed by atoms with Crippen LogP contribution in [0.3, 0.4) is 0 Å². The molecule has 0 radical (unpaired) electrons. The van der Waals surface area contributed by atoms with E-state index in [0.717, 1.165) is 0 Å². The highest BCUT2D eigenvalue weighted by Crippen LogP contribution is 2.49. The summed E-state index contributed by atoms with van der Waals surface area (Å²) < 4.78 is 0. The summed E-state index contributed by atoms with van der Waals surface area (Å²) in [5.74, 6) is -1.01. The number of nitrogens with one attached hydrogen (secondary N) is 1. The van der Waals surface area contributed by atoms with Crippen molar-refractivity contribution in [1.29, 1.82) is 5.41 Å². The van der Waals surface area contributed by atoms with E-state index in [1.807, 2.05) is 0 Å². The molecule has 118 valence electrons. The Balaban J connectivity index is 2.10. The Kier molecular flexibility index (Phi) is 4.45. The molecule has 1 saturated heterocycles. The Bertz CT molecular complexity index is 435. The van der Waals surface area contributed by atoms with Gasteiger partial charge in [-0.15, -0.1) is 0 Å². The van der Waals surface area contributed by atoms with Gasteiger partial charge >= 0.3 is 13.1 Å². The van der Waals surface area contributed by atoms with Gasteiger partial charge in [0, 0.05) is 13.1 Å². The quantitative estimate of drug-likeness (QED) is 0.204. The number of carboxylic acids is 1. The van der Waals surface area contributed by atoms with Gasteiger partial charge in [-0.25, -0.2) is 0 Å². The fourth-order valence-electron chi connectivity index (χ4n) is 3.97. The van der Waals surface area contributed by atoms with E-state index in [-0.39, 0.29) is 30.0 Å². The molecule has 0 aromatic rings. The van der Waals surface area contributed by atoms with Crippen LogP contribution < -0.4 is 11.5 Å². The highest BCUT2D eigenvalue weighted by Gasteiger charge is 2.58. The average Bonchev–Trinajstić information content (AvgIpc) is 2.87. The number of hydrogen-bond acceptors (Lipinski definition) is 5. The topological polar surface area (TPSA) is 157 Å². The molecule has 1 saturated carbocycles. The van der Waals surface area contributed by atoms with E-state index in [2.05, 4.69) is 0 Å². The van der Waals surface area contributed by atoms with Crippen LogP contribution in [0.1, 0.15) is 19.3 Å². The molecule has 9 heteroatoms. The molecule has 1 heterocycles. The van der Waals surface area contributed by atoms with Crippen LogP contribution in [0.2, 0.25) is 6.32 Å². The van der Waals surface area contributed by atoms with Crippen LogP contribution in [0, 0.1) is 23.2 Å². The normalized spacial score (nSPS) is 34.8. The Morgan fingerprint density at radius 1 is 1.43 bits per heavy atom. The minimum atomic E-state index is -1.38. The van der Waals surface area contributed by atoms with Crippen LogP contribution in [0.4, 0.5) is 0 Å². The number of likely N-dealkylation sites (tertiary alicyclic amines) is 1. The van der Waals surface area contributed by atoms with Gasteiger partial charge in [-0.2, -0.15) is 0 Å². The third-order valence-corrected chi connectivity index (χ3v) is 4.99. The third kappa shape index (κ3) is 2.99. The first-order valence-corrected chi connectivity index (χ1v) is 7.23. The molecule has 0 aromatic heterocycles. The van der Waals surface area contributed by atoms with Crippen LogP contribution in [0.15, 0.2) is 0 Å². The highest BCUT2D eigenvalue weighted by atomic mass is 16.4. The van der Waals surface area contributed by atoms with Gasteiger partial charge in [-0.05, 0) is 36.9 Å². The summed E-state index contributed by atoms with van der Waals surface area (Å²) in [6.07, 6.45) is 1.63. The van der Waals surface area contributed by atoms with E-state index in [9.17, 15) is 9.90 Å². The SMILES string of the molecule is N=C(N)N1CC2CC(N)(C(=O)O)C(CCCB(O)O)C2C1. The molecular weight excluding hydrogens is 275 g/mol. The second-order valence-electron chi connectivity index (χ2n) is 6.28. The number of carboxylic acid groups (broad SMARTS) is 1. The smallest absolute Gasteiger partial charge is 0.451 e. The molecular formula is C12H23BN4O4. The number of hydrogen-bond donors (Lipinski definition) is 6. The Labute approximate surface area is 123 Å².